The van der Waals surface area contributed by atoms with Crippen LogP contribution in [-0.2, 0) is 50.2 Å². The molecule has 0 unspecified atom stereocenters. The number of hydrogen-bond donors (Lipinski definition) is 0. The van der Waals surface area contributed by atoms with Gasteiger partial charge in [-0.05, 0) is 82.9 Å². The molecule has 0 amide bonds. The second-order valence-corrected chi connectivity index (χ2v) is 15.9. The molecule has 1 saturated heterocycles. The molecular formula is C45H43Cl2NORuS2. The standard InChI is InChI=1S/C29H28N.C10H13O.C6H4Cl2S2.Ru/c1-18-14-19(2)27(20(3)15-18)30-17-29-24-12-8-6-10-21(24)23(16-26(29)28(30,4)5)22-11-7-9-13-25(22)29;1-8(2)11-10-7-5-4-6-9(10)3;7-3-1-2-4(8)6(10)5(3)9;/h6-17,23H,1-5H3;4-8H,3H2,1-2H3;1-2,9-10H;/q2*-1;;+4/p-2. The van der Waals surface area contributed by atoms with E-state index in [9.17, 15) is 0 Å². The Balaban J connectivity index is 0.000000196. The van der Waals surface area contributed by atoms with Crippen LogP contribution in [0.15, 0.2) is 119 Å². The van der Waals surface area contributed by atoms with Crippen molar-refractivity contribution in [3.05, 3.63) is 177 Å². The Kier molecular flexibility index (Phi) is 12.2. The van der Waals surface area contributed by atoms with Crippen molar-refractivity contribution >= 4 is 54.1 Å². The molecule has 268 valence electrons. The number of allylic oxidation sites excluding steroid dienone is 1. The minimum atomic E-state index is -0.185. The predicted octanol–water partition coefficient (Wildman–Crippen LogP) is 12.2. The smallest absolute Gasteiger partial charge is 0.780 e. The fourth-order valence-electron chi connectivity index (χ4n) is 8.00. The number of aryl methyl sites for hydroxylation is 3. The summed E-state index contributed by atoms with van der Waals surface area (Å²) in [4.78, 5) is 3.50. The van der Waals surface area contributed by atoms with Crippen LogP contribution in [0.25, 0.3) is 0 Å². The molecule has 2 nitrogen and oxygen atoms in total. The molecule has 0 aromatic heterocycles. The van der Waals surface area contributed by atoms with Gasteiger partial charge in [0.25, 0.3) is 0 Å². The van der Waals surface area contributed by atoms with Gasteiger partial charge in [-0.25, -0.2) is 6.54 Å². The van der Waals surface area contributed by atoms with E-state index in [0.717, 1.165) is 11.3 Å². The van der Waals surface area contributed by atoms with E-state index in [1.807, 2.05) is 38.1 Å². The van der Waals surface area contributed by atoms with Crippen LogP contribution < -0.4 is 9.64 Å². The average molecular weight is 850 g/mol. The van der Waals surface area contributed by atoms with E-state index in [1.54, 1.807) is 12.1 Å². The SMILES string of the molecule is Cc1cc(C)c(N2[CH-]C34C(=CC(c5ccccc53)c3ccccc34)C2(C)C)c(C)c1.[CH2-]c1ccccc1OC(C)C.[Ru+4].[S-]c1c(Cl)ccc(Cl)c1[S-]. The molecule has 52 heavy (non-hydrogen) atoms. The van der Waals surface area contributed by atoms with Gasteiger partial charge in [-0.2, -0.15) is 28.3 Å². The van der Waals surface area contributed by atoms with Crippen LogP contribution in [0.2, 0.25) is 10.0 Å². The van der Waals surface area contributed by atoms with Crippen LogP contribution in [0.3, 0.4) is 0 Å². The van der Waals surface area contributed by atoms with Crippen molar-refractivity contribution in [3.63, 3.8) is 0 Å². The molecule has 5 aromatic carbocycles. The number of benzene rings is 5. The first-order chi connectivity index (χ1) is 24.2. The van der Waals surface area contributed by atoms with E-state index in [2.05, 4.69) is 120 Å². The second kappa shape index (κ2) is 15.7. The molecule has 7 heteroatoms. The second-order valence-electron chi connectivity index (χ2n) is 14.3. The van der Waals surface area contributed by atoms with Crippen LogP contribution in [0.5, 0.6) is 5.75 Å². The normalized spacial score (nSPS) is 18.4. The van der Waals surface area contributed by atoms with Crippen LogP contribution in [-0.4, -0.2) is 11.6 Å². The quantitative estimate of drug-likeness (QED) is 0.0776. The Labute approximate surface area is 344 Å². The van der Waals surface area contributed by atoms with Crippen LogP contribution >= 0.6 is 23.2 Å². The Morgan fingerprint density at radius 2 is 1.25 bits per heavy atom. The van der Waals surface area contributed by atoms with E-state index in [0.29, 0.717) is 25.8 Å². The molecule has 5 aromatic rings. The molecule has 0 atom stereocenters. The van der Waals surface area contributed by atoms with Crippen molar-refractivity contribution in [2.75, 3.05) is 4.90 Å². The fraction of sp³-hybridized carbons (Fsp3) is 0.244. The van der Waals surface area contributed by atoms with E-state index in [-0.39, 0.29) is 36.5 Å². The molecule has 9 rings (SSSR count). The number of ether oxygens (including phenoxy) is 1. The van der Waals surface area contributed by atoms with Gasteiger partial charge in [-0.3, -0.25) is 0 Å². The molecule has 0 radical (unpaired) electrons. The molecule has 3 aliphatic carbocycles. The Bertz CT molecular complexity index is 2040. The predicted molar refractivity (Wildman–Crippen MR) is 219 cm³/mol. The summed E-state index contributed by atoms with van der Waals surface area (Å²) in [5, 5.41) is 0.980. The first kappa shape index (κ1) is 40.1. The molecule has 1 fully saturated rings. The summed E-state index contributed by atoms with van der Waals surface area (Å²) in [5.41, 5.74) is 13.4. The van der Waals surface area contributed by atoms with Crippen molar-refractivity contribution in [1.29, 1.82) is 0 Å². The molecule has 0 saturated carbocycles. The van der Waals surface area contributed by atoms with E-state index in [4.69, 9.17) is 53.2 Å². The minimum absolute atomic E-state index is 0. The fourth-order valence-corrected chi connectivity index (χ4v) is 8.78. The summed E-state index contributed by atoms with van der Waals surface area (Å²) in [6.45, 7) is 21.9. The summed E-state index contributed by atoms with van der Waals surface area (Å²) in [6, 6.07) is 33.9. The first-order valence-corrected chi connectivity index (χ1v) is 18.8. The monoisotopic (exact) mass is 849 g/mol. The Morgan fingerprint density at radius 1 is 0.769 bits per heavy atom. The number of rotatable bonds is 3. The van der Waals surface area contributed by atoms with Crippen LogP contribution in [0.4, 0.5) is 5.69 Å². The number of nitrogens with zero attached hydrogens (tertiary/aromatic N) is 1. The third-order valence-electron chi connectivity index (χ3n) is 10.0. The van der Waals surface area contributed by atoms with Crippen molar-refractivity contribution < 1.29 is 24.2 Å². The molecule has 1 spiro atoms. The van der Waals surface area contributed by atoms with Crippen molar-refractivity contribution in [1.82, 2.24) is 0 Å². The maximum Gasteiger partial charge on any atom is 4.00 e. The zero-order valence-electron chi connectivity index (χ0n) is 30.5. The average Bonchev–Trinajstić information content (AvgIpc) is 3.34. The minimum Gasteiger partial charge on any atom is -0.780 e. The molecule has 0 N–H and O–H groups in total. The maximum absolute atomic E-state index is 5.66. The van der Waals surface area contributed by atoms with Crippen LogP contribution in [0.1, 0.15) is 78.1 Å². The summed E-state index contributed by atoms with van der Waals surface area (Å²) >= 11 is 21.0. The summed E-state index contributed by atoms with van der Waals surface area (Å²) in [6.07, 6.45) is 2.79. The summed E-state index contributed by atoms with van der Waals surface area (Å²) in [5.74, 6) is 1.23. The van der Waals surface area contributed by atoms with Crippen LogP contribution in [0, 0.1) is 34.2 Å². The van der Waals surface area contributed by atoms with Gasteiger partial charge in [0, 0.05) is 32.9 Å². The Hall–Kier alpha value is -3.05. The van der Waals surface area contributed by atoms with Gasteiger partial charge in [0.05, 0.1) is 6.10 Å². The zero-order valence-corrected chi connectivity index (χ0v) is 35.4. The molecule has 2 bridgehead atoms. The van der Waals surface area contributed by atoms with Gasteiger partial charge in [0.2, 0.25) is 0 Å². The number of anilines is 1. The zero-order chi connectivity index (χ0) is 36.8. The molecule has 1 aliphatic heterocycles. The van der Waals surface area contributed by atoms with Gasteiger partial charge in [0.1, 0.15) is 0 Å². The summed E-state index contributed by atoms with van der Waals surface area (Å²) < 4.78 is 5.48. The number of halogens is 2. The van der Waals surface area contributed by atoms with Crippen molar-refractivity contribution in [2.45, 2.75) is 81.2 Å². The van der Waals surface area contributed by atoms with Gasteiger partial charge in [0.15, 0.2) is 0 Å². The topological polar surface area (TPSA) is 12.5 Å². The van der Waals surface area contributed by atoms with Gasteiger partial charge >= 0.3 is 19.5 Å². The van der Waals surface area contributed by atoms with Crippen molar-refractivity contribution in [2.24, 2.45) is 0 Å². The van der Waals surface area contributed by atoms with E-state index >= 15 is 0 Å². The molecule has 1 heterocycles. The molecule has 4 aliphatic rings. The number of hydrogen-bond acceptors (Lipinski definition) is 4. The Morgan fingerprint density at radius 3 is 1.75 bits per heavy atom. The molecular weight excluding hydrogens is 807 g/mol. The third-order valence-corrected chi connectivity index (χ3v) is 11.8. The summed E-state index contributed by atoms with van der Waals surface area (Å²) in [7, 11) is 0. The maximum atomic E-state index is 5.66. The third kappa shape index (κ3) is 7.13. The van der Waals surface area contributed by atoms with E-state index < -0.39 is 0 Å². The van der Waals surface area contributed by atoms with Gasteiger partial charge in [-0.15, -0.1) is 6.07 Å². The van der Waals surface area contributed by atoms with Crippen molar-refractivity contribution in [3.8, 4) is 5.75 Å². The van der Waals surface area contributed by atoms with Gasteiger partial charge < -0.3 is 34.9 Å². The van der Waals surface area contributed by atoms with E-state index in [1.165, 1.54) is 50.2 Å². The van der Waals surface area contributed by atoms with Gasteiger partial charge in [-0.1, -0.05) is 130 Å². The number of para-hydroxylation sites is 1. The largest absolute Gasteiger partial charge is 4.00 e. The first-order valence-electron chi connectivity index (χ1n) is 17.2.